The lowest BCUT2D eigenvalue weighted by molar-refractivity contribution is 0.0600. The summed E-state index contributed by atoms with van der Waals surface area (Å²) in [6.45, 7) is 3.92. The van der Waals surface area contributed by atoms with Gasteiger partial charge in [-0.1, -0.05) is 6.92 Å². The molecule has 0 aliphatic rings. The molecule has 100 valence electrons. The number of thioether (sulfide) groups is 1. The molecule has 1 heterocycles. The van der Waals surface area contributed by atoms with Gasteiger partial charge in [0.15, 0.2) is 0 Å². The zero-order valence-corrected chi connectivity index (χ0v) is 11.9. The summed E-state index contributed by atoms with van der Waals surface area (Å²) < 4.78 is 4.62. The molecule has 1 atom stereocenters. The molecule has 0 fully saturated rings. The van der Waals surface area contributed by atoms with E-state index in [9.17, 15) is 4.79 Å². The largest absolute Gasteiger partial charge is 0.465 e. The molecule has 1 N–H and O–H groups in total. The average molecular weight is 268 g/mol. The molecule has 5 heteroatoms. The SMILES string of the molecule is COC(=O)c1ccc(CNCC(C)CSC)nc1. The lowest BCUT2D eigenvalue weighted by Crippen LogP contribution is -2.22. The molecule has 0 aromatic carbocycles. The number of rotatable bonds is 7. The quantitative estimate of drug-likeness (QED) is 0.766. The van der Waals surface area contributed by atoms with Gasteiger partial charge in [0.1, 0.15) is 0 Å². The highest BCUT2D eigenvalue weighted by Crippen LogP contribution is 2.04. The second kappa shape index (κ2) is 8.11. The first kappa shape index (κ1) is 15.0. The number of ether oxygens (including phenoxy) is 1. The Hall–Kier alpha value is -1.07. The zero-order chi connectivity index (χ0) is 13.4. The summed E-state index contributed by atoms with van der Waals surface area (Å²) in [5.74, 6) is 1.45. The maximum Gasteiger partial charge on any atom is 0.339 e. The van der Waals surface area contributed by atoms with Crippen molar-refractivity contribution in [2.75, 3.05) is 25.7 Å². The Morgan fingerprint density at radius 3 is 2.89 bits per heavy atom. The van der Waals surface area contributed by atoms with Gasteiger partial charge in [-0.25, -0.2) is 4.79 Å². The third-order valence-electron chi connectivity index (χ3n) is 2.50. The van der Waals surface area contributed by atoms with Gasteiger partial charge >= 0.3 is 5.97 Å². The van der Waals surface area contributed by atoms with Crippen LogP contribution >= 0.6 is 11.8 Å². The van der Waals surface area contributed by atoms with Crippen LogP contribution in [0.2, 0.25) is 0 Å². The Morgan fingerprint density at radius 2 is 2.33 bits per heavy atom. The molecule has 0 bridgehead atoms. The fourth-order valence-corrected chi connectivity index (χ4v) is 2.24. The van der Waals surface area contributed by atoms with E-state index in [4.69, 9.17) is 0 Å². The van der Waals surface area contributed by atoms with E-state index >= 15 is 0 Å². The van der Waals surface area contributed by atoms with Crippen LogP contribution in [0, 0.1) is 5.92 Å². The number of carbonyl (C=O) groups is 1. The van der Waals surface area contributed by atoms with Crippen molar-refractivity contribution in [1.82, 2.24) is 10.3 Å². The van der Waals surface area contributed by atoms with Crippen molar-refractivity contribution in [3.05, 3.63) is 29.6 Å². The molecule has 18 heavy (non-hydrogen) atoms. The van der Waals surface area contributed by atoms with E-state index in [0.717, 1.165) is 24.5 Å². The molecular formula is C13H20N2O2S. The van der Waals surface area contributed by atoms with Crippen molar-refractivity contribution >= 4 is 17.7 Å². The van der Waals surface area contributed by atoms with E-state index < -0.39 is 0 Å². The van der Waals surface area contributed by atoms with E-state index in [-0.39, 0.29) is 5.97 Å². The molecule has 1 aromatic rings. The summed E-state index contributed by atoms with van der Waals surface area (Å²) in [6, 6.07) is 3.58. The number of hydrogen-bond acceptors (Lipinski definition) is 5. The zero-order valence-electron chi connectivity index (χ0n) is 11.1. The van der Waals surface area contributed by atoms with Crippen molar-refractivity contribution in [3.8, 4) is 0 Å². The highest BCUT2D eigenvalue weighted by atomic mass is 32.2. The molecule has 1 unspecified atom stereocenters. The first-order valence-electron chi connectivity index (χ1n) is 5.90. The van der Waals surface area contributed by atoms with Crippen LogP contribution < -0.4 is 5.32 Å². The molecule has 0 aliphatic carbocycles. The van der Waals surface area contributed by atoms with Gasteiger partial charge in [0.05, 0.1) is 18.4 Å². The Kier molecular flexibility index (Phi) is 6.75. The van der Waals surface area contributed by atoms with Crippen LogP contribution in [0.1, 0.15) is 23.0 Å². The Balaban J connectivity index is 2.37. The topological polar surface area (TPSA) is 51.2 Å². The number of methoxy groups -OCH3 is 1. The Bertz CT molecular complexity index is 368. The normalized spacial score (nSPS) is 12.2. The third-order valence-corrected chi connectivity index (χ3v) is 3.40. The molecule has 0 saturated carbocycles. The lowest BCUT2D eigenvalue weighted by atomic mass is 10.2. The summed E-state index contributed by atoms with van der Waals surface area (Å²) in [6.07, 6.45) is 3.66. The third kappa shape index (κ3) is 5.06. The predicted molar refractivity (Wildman–Crippen MR) is 74.8 cm³/mol. The van der Waals surface area contributed by atoms with Crippen molar-refractivity contribution < 1.29 is 9.53 Å². The minimum Gasteiger partial charge on any atom is -0.465 e. The van der Waals surface area contributed by atoms with E-state index in [1.807, 2.05) is 17.8 Å². The summed E-state index contributed by atoms with van der Waals surface area (Å²) in [5, 5.41) is 3.36. The van der Waals surface area contributed by atoms with Crippen LogP contribution in [0.3, 0.4) is 0 Å². The standard InChI is InChI=1S/C13H20N2O2S/c1-10(9-18-3)6-14-8-12-5-4-11(7-15-12)13(16)17-2/h4-5,7,10,14H,6,8-9H2,1-3H3. The van der Waals surface area contributed by atoms with Crippen molar-refractivity contribution in [2.45, 2.75) is 13.5 Å². The molecule has 0 saturated heterocycles. The Labute approximate surface area is 113 Å². The fraction of sp³-hybridized carbons (Fsp3) is 0.538. The summed E-state index contributed by atoms with van der Waals surface area (Å²) >= 11 is 1.86. The van der Waals surface area contributed by atoms with Crippen molar-refractivity contribution in [1.29, 1.82) is 0 Å². The number of esters is 1. The van der Waals surface area contributed by atoms with Gasteiger partial charge in [0.25, 0.3) is 0 Å². The maximum absolute atomic E-state index is 11.2. The summed E-state index contributed by atoms with van der Waals surface area (Å²) in [7, 11) is 1.37. The smallest absolute Gasteiger partial charge is 0.339 e. The van der Waals surface area contributed by atoms with Gasteiger partial charge in [-0.2, -0.15) is 11.8 Å². The summed E-state index contributed by atoms with van der Waals surface area (Å²) in [4.78, 5) is 15.4. The highest BCUT2D eigenvalue weighted by molar-refractivity contribution is 7.98. The minimum atomic E-state index is -0.351. The second-order valence-corrected chi connectivity index (χ2v) is 5.13. The van der Waals surface area contributed by atoms with Crippen LogP contribution in [0.5, 0.6) is 0 Å². The van der Waals surface area contributed by atoms with E-state index in [0.29, 0.717) is 11.5 Å². The van der Waals surface area contributed by atoms with E-state index in [1.54, 1.807) is 12.3 Å². The molecule has 0 amide bonds. The molecule has 0 radical (unpaired) electrons. The number of aromatic nitrogens is 1. The molecule has 1 aromatic heterocycles. The molecule has 0 aliphatic heterocycles. The number of hydrogen-bond donors (Lipinski definition) is 1. The number of pyridine rings is 1. The van der Waals surface area contributed by atoms with E-state index in [2.05, 4.69) is 28.2 Å². The molecule has 0 spiro atoms. The van der Waals surface area contributed by atoms with Crippen LogP contribution in [0.25, 0.3) is 0 Å². The summed E-state index contributed by atoms with van der Waals surface area (Å²) in [5.41, 5.74) is 1.41. The van der Waals surface area contributed by atoms with Gasteiger partial charge in [-0.05, 0) is 36.6 Å². The monoisotopic (exact) mass is 268 g/mol. The number of nitrogens with zero attached hydrogens (tertiary/aromatic N) is 1. The van der Waals surface area contributed by atoms with Crippen LogP contribution in [0.4, 0.5) is 0 Å². The van der Waals surface area contributed by atoms with Gasteiger partial charge < -0.3 is 10.1 Å². The highest BCUT2D eigenvalue weighted by Gasteiger charge is 2.05. The van der Waals surface area contributed by atoms with E-state index in [1.165, 1.54) is 7.11 Å². The van der Waals surface area contributed by atoms with Crippen LogP contribution in [0.15, 0.2) is 18.3 Å². The molecule has 1 rings (SSSR count). The Morgan fingerprint density at radius 1 is 1.56 bits per heavy atom. The predicted octanol–water partition coefficient (Wildman–Crippen LogP) is 1.96. The number of nitrogens with one attached hydrogen (secondary N) is 1. The molecule has 4 nitrogen and oxygen atoms in total. The lowest BCUT2D eigenvalue weighted by Gasteiger charge is -2.10. The maximum atomic E-state index is 11.2. The van der Waals surface area contributed by atoms with Gasteiger partial charge in [-0.15, -0.1) is 0 Å². The van der Waals surface area contributed by atoms with Crippen LogP contribution in [-0.2, 0) is 11.3 Å². The first-order chi connectivity index (χ1) is 8.67. The molecular weight excluding hydrogens is 248 g/mol. The fourth-order valence-electron chi connectivity index (χ4n) is 1.56. The first-order valence-corrected chi connectivity index (χ1v) is 7.29. The van der Waals surface area contributed by atoms with Crippen molar-refractivity contribution in [2.24, 2.45) is 5.92 Å². The van der Waals surface area contributed by atoms with Gasteiger partial charge in [-0.3, -0.25) is 4.98 Å². The second-order valence-electron chi connectivity index (χ2n) is 4.22. The number of carbonyl (C=O) groups excluding carboxylic acids is 1. The minimum absolute atomic E-state index is 0.351. The average Bonchev–Trinajstić information content (AvgIpc) is 2.39. The van der Waals surface area contributed by atoms with Gasteiger partial charge in [0.2, 0.25) is 0 Å². The van der Waals surface area contributed by atoms with Crippen LogP contribution in [-0.4, -0.2) is 36.6 Å². The van der Waals surface area contributed by atoms with Crippen molar-refractivity contribution in [3.63, 3.8) is 0 Å². The van der Waals surface area contributed by atoms with Gasteiger partial charge in [0, 0.05) is 12.7 Å².